The highest BCUT2D eigenvalue weighted by atomic mass is 16.6. The van der Waals surface area contributed by atoms with Crippen molar-refractivity contribution in [2.75, 3.05) is 19.8 Å². The highest BCUT2D eigenvalue weighted by molar-refractivity contribution is 5.79. The summed E-state index contributed by atoms with van der Waals surface area (Å²) in [4.78, 5) is 25.9. The second-order valence-electron chi connectivity index (χ2n) is 7.98. The molecule has 0 spiro atoms. The Hall–Kier alpha value is -2.86. The fourth-order valence-corrected chi connectivity index (χ4v) is 5.06. The van der Waals surface area contributed by atoms with Crippen LogP contribution in [0.15, 0.2) is 48.5 Å². The Morgan fingerprint density at radius 1 is 1.03 bits per heavy atom. The number of fused-ring (bicyclic) bond motifs is 4. The Kier molecular flexibility index (Phi) is 4.51. The second kappa shape index (κ2) is 7.19. The van der Waals surface area contributed by atoms with E-state index in [-0.39, 0.29) is 30.8 Å². The third-order valence-corrected chi connectivity index (χ3v) is 6.46. The number of hydrogen-bond acceptors (Lipinski definition) is 4. The van der Waals surface area contributed by atoms with E-state index in [0.717, 1.165) is 0 Å². The standard InChI is InChI=1S/C23H23NO5/c25-22(26)14-11-20-21(12-14)28-10-9-24(20)23(27)29-13-19-17-7-3-1-5-15(17)16-6-2-4-8-18(16)19/h1-8,14,19-21H,9-13H2,(H,25,26)/t14-,20+,21-/m0/s1. The molecule has 0 radical (unpaired) electrons. The molecule has 1 saturated heterocycles. The van der Waals surface area contributed by atoms with Crippen molar-refractivity contribution in [2.45, 2.75) is 30.9 Å². The molecule has 5 rings (SSSR count). The average molecular weight is 393 g/mol. The summed E-state index contributed by atoms with van der Waals surface area (Å²) in [6, 6.07) is 16.2. The van der Waals surface area contributed by atoms with Gasteiger partial charge >= 0.3 is 12.1 Å². The van der Waals surface area contributed by atoms with Crippen LogP contribution in [0.1, 0.15) is 29.9 Å². The van der Waals surface area contributed by atoms with Crippen molar-refractivity contribution in [3.8, 4) is 11.1 Å². The van der Waals surface area contributed by atoms with Crippen LogP contribution in [0.2, 0.25) is 0 Å². The van der Waals surface area contributed by atoms with Crippen LogP contribution < -0.4 is 0 Å². The van der Waals surface area contributed by atoms with Crippen molar-refractivity contribution in [1.29, 1.82) is 0 Å². The van der Waals surface area contributed by atoms with Gasteiger partial charge in [0.15, 0.2) is 0 Å². The molecule has 3 atom stereocenters. The lowest BCUT2D eigenvalue weighted by Crippen LogP contribution is -2.51. The smallest absolute Gasteiger partial charge is 0.410 e. The molecule has 0 bridgehead atoms. The molecule has 2 fully saturated rings. The van der Waals surface area contributed by atoms with Gasteiger partial charge in [-0.1, -0.05) is 48.5 Å². The first kappa shape index (κ1) is 18.2. The SMILES string of the molecule is O=C(O)[C@@H]1C[C@@H]2OCCN(C(=O)OCC3c4ccccc4-c4ccccc43)[C@@H]2C1. The molecule has 6 nitrogen and oxygen atoms in total. The largest absolute Gasteiger partial charge is 0.481 e. The molecule has 1 aliphatic heterocycles. The molecule has 2 aliphatic carbocycles. The first-order chi connectivity index (χ1) is 14.1. The van der Waals surface area contributed by atoms with Gasteiger partial charge in [0.25, 0.3) is 0 Å². The van der Waals surface area contributed by atoms with Crippen LogP contribution in [0.3, 0.4) is 0 Å². The number of ether oxygens (including phenoxy) is 2. The number of carboxylic acids is 1. The summed E-state index contributed by atoms with van der Waals surface area (Å²) in [5.41, 5.74) is 4.73. The lowest BCUT2D eigenvalue weighted by atomic mass is 9.98. The minimum atomic E-state index is -0.824. The summed E-state index contributed by atoms with van der Waals surface area (Å²) in [6.45, 7) is 1.12. The van der Waals surface area contributed by atoms with Crippen molar-refractivity contribution >= 4 is 12.1 Å². The molecule has 2 aromatic carbocycles. The van der Waals surface area contributed by atoms with E-state index in [4.69, 9.17) is 9.47 Å². The van der Waals surface area contributed by atoms with Crippen LogP contribution in [0.25, 0.3) is 11.1 Å². The number of carboxylic acid groups (broad SMARTS) is 1. The molecule has 1 N–H and O–H groups in total. The fourth-order valence-electron chi connectivity index (χ4n) is 5.06. The minimum Gasteiger partial charge on any atom is -0.481 e. The van der Waals surface area contributed by atoms with Crippen molar-refractivity contribution in [2.24, 2.45) is 5.92 Å². The summed E-state index contributed by atoms with van der Waals surface area (Å²) >= 11 is 0. The molecule has 1 saturated carbocycles. The molecule has 0 unspecified atom stereocenters. The Bertz CT molecular complexity index is 912. The van der Waals surface area contributed by atoms with Gasteiger partial charge in [-0.05, 0) is 35.1 Å². The molecule has 2 aromatic rings. The maximum atomic E-state index is 12.9. The summed E-state index contributed by atoms with van der Waals surface area (Å²) in [6.07, 6.45) is 0.277. The number of benzene rings is 2. The number of nitrogens with zero attached hydrogens (tertiary/aromatic N) is 1. The van der Waals surface area contributed by atoms with E-state index in [2.05, 4.69) is 24.3 Å². The quantitative estimate of drug-likeness (QED) is 0.864. The fraction of sp³-hybridized carbons (Fsp3) is 0.391. The third kappa shape index (κ3) is 3.08. The van der Waals surface area contributed by atoms with Gasteiger partial charge in [-0.15, -0.1) is 0 Å². The number of hydrogen-bond donors (Lipinski definition) is 1. The van der Waals surface area contributed by atoms with Crippen LogP contribution in [0.4, 0.5) is 4.79 Å². The first-order valence-corrected chi connectivity index (χ1v) is 10.1. The zero-order valence-corrected chi connectivity index (χ0v) is 16.0. The average Bonchev–Trinajstić information content (AvgIpc) is 3.32. The monoisotopic (exact) mass is 393 g/mol. The van der Waals surface area contributed by atoms with E-state index in [1.165, 1.54) is 22.3 Å². The van der Waals surface area contributed by atoms with E-state index in [1.807, 2.05) is 24.3 Å². The molecule has 6 heteroatoms. The first-order valence-electron chi connectivity index (χ1n) is 10.1. The van der Waals surface area contributed by atoms with Gasteiger partial charge in [-0.25, -0.2) is 4.79 Å². The Balaban J connectivity index is 1.32. The topological polar surface area (TPSA) is 76.1 Å². The summed E-state index contributed by atoms with van der Waals surface area (Å²) in [5.74, 6) is -1.28. The van der Waals surface area contributed by atoms with Gasteiger partial charge in [0.2, 0.25) is 0 Å². The number of carbonyl (C=O) groups is 2. The van der Waals surface area contributed by atoms with Crippen molar-refractivity contribution in [1.82, 2.24) is 4.90 Å². The highest BCUT2D eigenvalue weighted by Crippen LogP contribution is 2.44. The van der Waals surface area contributed by atoms with E-state index >= 15 is 0 Å². The molecule has 1 heterocycles. The van der Waals surface area contributed by atoms with Crippen molar-refractivity contribution in [3.63, 3.8) is 0 Å². The van der Waals surface area contributed by atoms with E-state index in [0.29, 0.717) is 26.0 Å². The number of amides is 1. The maximum Gasteiger partial charge on any atom is 0.410 e. The predicted octanol–water partition coefficient (Wildman–Crippen LogP) is 3.50. The highest BCUT2D eigenvalue weighted by Gasteiger charge is 2.46. The van der Waals surface area contributed by atoms with Gasteiger partial charge in [-0.2, -0.15) is 0 Å². The lowest BCUT2D eigenvalue weighted by Gasteiger charge is -2.36. The van der Waals surface area contributed by atoms with Crippen molar-refractivity contribution < 1.29 is 24.2 Å². The van der Waals surface area contributed by atoms with Gasteiger partial charge in [0.1, 0.15) is 6.61 Å². The molecule has 29 heavy (non-hydrogen) atoms. The van der Waals surface area contributed by atoms with Gasteiger partial charge in [0.05, 0.1) is 24.7 Å². The maximum absolute atomic E-state index is 12.9. The third-order valence-electron chi connectivity index (χ3n) is 6.46. The van der Waals surface area contributed by atoms with Crippen molar-refractivity contribution in [3.05, 3.63) is 59.7 Å². The Labute approximate surface area is 169 Å². The van der Waals surface area contributed by atoms with Gasteiger partial charge in [0, 0.05) is 12.5 Å². The molecule has 1 amide bonds. The zero-order valence-electron chi connectivity index (χ0n) is 16.0. The van der Waals surface area contributed by atoms with E-state index < -0.39 is 11.9 Å². The normalized spacial score (nSPS) is 25.2. The zero-order chi connectivity index (χ0) is 20.0. The molecule has 3 aliphatic rings. The van der Waals surface area contributed by atoms with Crippen LogP contribution >= 0.6 is 0 Å². The van der Waals surface area contributed by atoms with Crippen LogP contribution in [-0.4, -0.2) is 54.0 Å². The number of morpholine rings is 1. The van der Waals surface area contributed by atoms with Crippen LogP contribution in [0, 0.1) is 5.92 Å². The molecule has 0 aromatic heterocycles. The summed E-state index contributed by atoms with van der Waals surface area (Å²) in [5, 5.41) is 9.33. The number of rotatable bonds is 3. The van der Waals surface area contributed by atoms with Crippen LogP contribution in [-0.2, 0) is 14.3 Å². The molecular formula is C23H23NO5. The number of aliphatic carboxylic acids is 1. The van der Waals surface area contributed by atoms with E-state index in [1.54, 1.807) is 4.90 Å². The van der Waals surface area contributed by atoms with E-state index in [9.17, 15) is 14.7 Å². The lowest BCUT2D eigenvalue weighted by molar-refractivity contribution is -0.141. The molecular weight excluding hydrogens is 370 g/mol. The van der Waals surface area contributed by atoms with Crippen LogP contribution in [0.5, 0.6) is 0 Å². The summed E-state index contributed by atoms with van der Waals surface area (Å²) in [7, 11) is 0. The minimum absolute atomic E-state index is 0.0125. The summed E-state index contributed by atoms with van der Waals surface area (Å²) < 4.78 is 11.5. The number of carbonyl (C=O) groups excluding carboxylic acids is 1. The van der Waals surface area contributed by atoms with Gasteiger partial charge < -0.3 is 19.5 Å². The Morgan fingerprint density at radius 3 is 2.34 bits per heavy atom. The second-order valence-corrected chi connectivity index (χ2v) is 7.98. The Morgan fingerprint density at radius 2 is 1.69 bits per heavy atom. The van der Waals surface area contributed by atoms with Gasteiger partial charge in [-0.3, -0.25) is 4.79 Å². The predicted molar refractivity (Wildman–Crippen MR) is 106 cm³/mol. The molecule has 150 valence electrons.